The number of carbonyl (C=O) groups excluding carboxylic acids is 1. The highest BCUT2D eigenvalue weighted by atomic mass is 16.4. The smallest absolute Gasteiger partial charge is 0.359 e. The maximum atomic E-state index is 11.5. The number of Topliss-reactive ketones (excluding diaryl/α,β-unsaturated/α-hetero) is 1. The third-order valence-electron chi connectivity index (χ3n) is 3.18. The number of nitrogens with two attached hydrogens (primary N) is 1. The minimum absolute atomic E-state index is 0.0623. The Kier molecular flexibility index (Phi) is 7.78. The van der Waals surface area contributed by atoms with Gasteiger partial charge in [-0.25, -0.2) is 4.79 Å². The van der Waals surface area contributed by atoms with Gasteiger partial charge in [-0.2, -0.15) is 0 Å². The third-order valence-corrected chi connectivity index (χ3v) is 3.18. The molecule has 0 aliphatic heterocycles. The Balaban J connectivity index is 4.23. The molecule has 0 fully saturated rings. The van der Waals surface area contributed by atoms with Crippen molar-refractivity contribution in [1.82, 2.24) is 0 Å². The lowest BCUT2D eigenvalue weighted by atomic mass is 10.0. The lowest BCUT2D eigenvalue weighted by Gasteiger charge is -2.33. The summed E-state index contributed by atoms with van der Waals surface area (Å²) in [5.41, 5.74) is 5.47. The summed E-state index contributed by atoms with van der Waals surface area (Å²) in [4.78, 5) is 22.4. The summed E-state index contributed by atoms with van der Waals surface area (Å²) in [7, 11) is 1.92. The fourth-order valence-corrected chi connectivity index (χ4v) is 1.99. The van der Waals surface area contributed by atoms with Gasteiger partial charge < -0.3 is 15.3 Å². The number of carbonyl (C=O) groups is 2. The van der Waals surface area contributed by atoms with E-state index in [0.717, 1.165) is 19.4 Å². The summed E-state index contributed by atoms with van der Waals surface area (Å²) in [5.74, 6) is -0.493. The van der Waals surface area contributed by atoms with Crippen molar-refractivity contribution in [1.29, 1.82) is 0 Å². The molecule has 106 valence electrons. The van der Waals surface area contributed by atoms with Crippen LogP contribution in [0, 0.1) is 5.92 Å². The Hall–Kier alpha value is -0.940. The Bertz CT molecular complexity index is 279. The number of likely N-dealkylation sites (N-methyl/N-ethyl adjacent to an activating group) is 1. The molecular formula is C13H27N2O3+. The first-order chi connectivity index (χ1) is 8.30. The minimum atomic E-state index is -0.801. The van der Waals surface area contributed by atoms with Crippen molar-refractivity contribution in [2.24, 2.45) is 11.7 Å². The van der Waals surface area contributed by atoms with Crippen molar-refractivity contribution in [2.45, 2.75) is 33.1 Å². The number of nitrogens with zero attached hydrogens (tertiary/aromatic N) is 1. The van der Waals surface area contributed by atoms with Crippen LogP contribution in [0.25, 0.3) is 0 Å². The van der Waals surface area contributed by atoms with Crippen molar-refractivity contribution in [3.63, 3.8) is 0 Å². The van der Waals surface area contributed by atoms with Gasteiger partial charge in [-0.3, -0.25) is 4.79 Å². The van der Waals surface area contributed by atoms with Gasteiger partial charge in [0.15, 0.2) is 6.54 Å². The fraction of sp³-hybridized carbons (Fsp3) is 0.846. The molecule has 0 amide bonds. The van der Waals surface area contributed by atoms with E-state index in [1.165, 1.54) is 0 Å². The third kappa shape index (κ3) is 7.40. The van der Waals surface area contributed by atoms with Crippen molar-refractivity contribution in [3.05, 3.63) is 0 Å². The van der Waals surface area contributed by atoms with E-state index in [0.29, 0.717) is 24.0 Å². The average Bonchev–Trinajstić information content (AvgIpc) is 2.25. The molecule has 1 atom stereocenters. The molecule has 0 aromatic rings. The summed E-state index contributed by atoms with van der Waals surface area (Å²) in [6, 6.07) is 0. The number of quaternary nitrogens is 1. The first-order valence-electron chi connectivity index (χ1n) is 6.59. The van der Waals surface area contributed by atoms with Gasteiger partial charge in [0.2, 0.25) is 0 Å². The minimum Gasteiger partial charge on any atom is -0.477 e. The van der Waals surface area contributed by atoms with Gasteiger partial charge in [0.05, 0.1) is 20.1 Å². The Labute approximate surface area is 110 Å². The molecule has 0 radical (unpaired) electrons. The average molecular weight is 259 g/mol. The maximum absolute atomic E-state index is 11.5. The maximum Gasteiger partial charge on any atom is 0.359 e. The highest BCUT2D eigenvalue weighted by molar-refractivity contribution is 5.80. The Morgan fingerprint density at radius 1 is 1.22 bits per heavy atom. The molecule has 0 bridgehead atoms. The monoisotopic (exact) mass is 259 g/mol. The normalized spacial score (nSPS) is 14.5. The number of hydrogen-bond donors (Lipinski definition) is 2. The number of hydrogen-bond acceptors (Lipinski definition) is 3. The summed E-state index contributed by atoms with van der Waals surface area (Å²) < 4.78 is 0.456. The molecule has 0 aromatic carbocycles. The highest BCUT2D eigenvalue weighted by Gasteiger charge is 2.24. The van der Waals surface area contributed by atoms with Crippen LogP contribution < -0.4 is 5.73 Å². The van der Waals surface area contributed by atoms with Gasteiger partial charge in [-0.1, -0.05) is 13.8 Å². The second-order valence-electron chi connectivity index (χ2n) is 5.49. The van der Waals surface area contributed by atoms with Crippen LogP contribution in [0.1, 0.15) is 33.1 Å². The number of rotatable bonds is 10. The molecule has 0 aliphatic rings. The van der Waals surface area contributed by atoms with Gasteiger partial charge in [-0.05, 0) is 6.54 Å². The van der Waals surface area contributed by atoms with Crippen LogP contribution >= 0.6 is 0 Å². The van der Waals surface area contributed by atoms with Crippen LogP contribution in [0.15, 0.2) is 0 Å². The number of carboxylic acids is 1. The number of aliphatic carboxylic acids is 1. The van der Waals surface area contributed by atoms with Crippen LogP contribution in [0.2, 0.25) is 0 Å². The Morgan fingerprint density at radius 3 is 2.22 bits per heavy atom. The first kappa shape index (κ1) is 17.1. The second-order valence-corrected chi connectivity index (χ2v) is 5.49. The fourth-order valence-electron chi connectivity index (χ4n) is 1.99. The van der Waals surface area contributed by atoms with Crippen molar-refractivity contribution in [3.8, 4) is 0 Å². The molecule has 0 heterocycles. The van der Waals surface area contributed by atoms with E-state index in [9.17, 15) is 9.59 Å². The molecule has 18 heavy (non-hydrogen) atoms. The largest absolute Gasteiger partial charge is 0.477 e. The SMILES string of the molecule is CC(C)C(=O)CCC[N+](C)(CCCN)CC(=O)O. The van der Waals surface area contributed by atoms with E-state index in [1.54, 1.807) is 0 Å². The number of carboxylic acid groups (broad SMARTS) is 1. The van der Waals surface area contributed by atoms with E-state index in [-0.39, 0.29) is 18.2 Å². The van der Waals surface area contributed by atoms with Crippen LogP contribution in [0.3, 0.4) is 0 Å². The molecule has 0 rings (SSSR count). The topological polar surface area (TPSA) is 80.4 Å². The molecule has 1 unspecified atom stereocenters. The summed E-state index contributed by atoms with van der Waals surface area (Å²) >= 11 is 0. The highest BCUT2D eigenvalue weighted by Crippen LogP contribution is 2.09. The molecule has 0 aromatic heterocycles. The zero-order chi connectivity index (χ0) is 14.2. The first-order valence-corrected chi connectivity index (χ1v) is 6.59. The van der Waals surface area contributed by atoms with E-state index < -0.39 is 5.97 Å². The molecule has 0 spiro atoms. The Morgan fingerprint density at radius 2 is 1.78 bits per heavy atom. The summed E-state index contributed by atoms with van der Waals surface area (Å²) in [5, 5.41) is 8.93. The van der Waals surface area contributed by atoms with E-state index in [4.69, 9.17) is 10.8 Å². The van der Waals surface area contributed by atoms with Gasteiger partial charge in [0, 0.05) is 25.2 Å². The standard InChI is InChI=1S/C13H26N2O3/c1-11(2)12(16)6-4-8-15(3,9-5-7-14)10-13(17)18/h11H,4-10,14H2,1-3H3/p+1. The van der Waals surface area contributed by atoms with Gasteiger partial charge in [-0.15, -0.1) is 0 Å². The van der Waals surface area contributed by atoms with Crippen LogP contribution in [-0.4, -0.2) is 54.6 Å². The quantitative estimate of drug-likeness (QED) is 0.571. The molecule has 0 saturated carbocycles. The molecule has 5 nitrogen and oxygen atoms in total. The van der Waals surface area contributed by atoms with E-state index in [2.05, 4.69) is 0 Å². The van der Waals surface area contributed by atoms with E-state index in [1.807, 2.05) is 20.9 Å². The molecule has 0 saturated heterocycles. The van der Waals surface area contributed by atoms with Crippen molar-refractivity contribution < 1.29 is 19.2 Å². The molecule has 3 N–H and O–H groups in total. The molecular weight excluding hydrogens is 232 g/mol. The van der Waals surface area contributed by atoms with E-state index >= 15 is 0 Å². The van der Waals surface area contributed by atoms with Crippen LogP contribution in [-0.2, 0) is 9.59 Å². The zero-order valence-electron chi connectivity index (χ0n) is 11.8. The van der Waals surface area contributed by atoms with Gasteiger partial charge >= 0.3 is 5.97 Å². The zero-order valence-corrected chi connectivity index (χ0v) is 11.8. The summed E-state index contributed by atoms with van der Waals surface area (Å²) in [6.45, 7) is 5.90. The van der Waals surface area contributed by atoms with Gasteiger partial charge in [0.1, 0.15) is 5.78 Å². The molecule has 5 heteroatoms. The van der Waals surface area contributed by atoms with Crippen molar-refractivity contribution in [2.75, 3.05) is 33.2 Å². The van der Waals surface area contributed by atoms with Crippen LogP contribution in [0.4, 0.5) is 0 Å². The molecule has 0 aliphatic carbocycles. The lowest BCUT2D eigenvalue weighted by molar-refractivity contribution is -0.902. The number of ketones is 1. The predicted octanol–water partition coefficient (Wildman–Crippen LogP) is 0.872. The van der Waals surface area contributed by atoms with Crippen molar-refractivity contribution >= 4 is 11.8 Å². The second kappa shape index (κ2) is 8.21. The lowest BCUT2D eigenvalue weighted by Crippen LogP contribution is -2.49. The van der Waals surface area contributed by atoms with Gasteiger partial charge in [0.25, 0.3) is 0 Å². The summed E-state index contributed by atoms with van der Waals surface area (Å²) in [6.07, 6.45) is 2.08. The van der Waals surface area contributed by atoms with Crippen LogP contribution in [0.5, 0.6) is 0 Å². The predicted molar refractivity (Wildman–Crippen MR) is 71.2 cm³/mol.